The standard InChI is InChI=1S/C12H13BF3N2O.K/c1-9-3-4-12(11(5-9)13(14,15)16)19-8-10-6-17-18(2)7-10;/h3-7H,8H2,1-2H3;/q-1;+1. The van der Waals surface area contributed by atoms with E-state index in [1.165, 1.54) is 6.07 Å². The molecule has 102 valence electrons. The zero-order valence-electron chi connectivity index (χ0n) is 11.6. The van der Waals surface area contributed by atoms with Crippen LogP contribution in [0.25, 0.3) is 0 Å². The molecular weight excluding hydrogens is 295 g/mol. The Morgan fingerprint density at radius 1 is 1.30 bits per heavy atom. The number of hydrogen-bond acceptors (Lipinski definition) is 2. The molecule has 1 aromatic carbocycles. The largest absolute Gasteiger partial charge is 1.00 e. The smallest absolute Gasteiger partial charge is 0.492 e. The third-order valence-corrected chi connectivity index (χ3v) is 2.67. The number of aryl methyl sites for hydroxylation is 2. The molecule has 1 aromatic heterocycles. The molecule has 0 bridgehead atoms. The maximum atomic E-state index is 12.9. The van der Waals surface area contributed by atoms with Gasteiger partial charge in [0.15, 0.2) is 0 Å². The van der Waals surface area contributed by atoms with Gasteiger partial charge in [-0.2, -0.15) is 5.10 Å². The van der Waals surface area contributed by atoms with Crippen molar-refractivity contribution in [3.63, 3.8) is 0 Å². The predicted octanol–water partition coefficient (Wildman–Crippen LogP) is -0.634. The normalized spacial score (nSPS) is 11.1. The average Bonchev–Trinajstić information content (AvgIpc) is 2.72. The van der Waals surface area contributed by atoms with Crippen molar-refractivity contribution in [1.29, 1.82) is 0 Å². The molecule has 0 radical (unpaired) electrons. The Labute approximate surface area is 158 Å². The van der Waals surface area contributed by atoms with E-state index in [9.17, 15) is 12.9 Å². The molecule has 0 fully saturated rings. The molecule has 0 N–H and O–H groups in total. The molecule has 1 heterocycles. The summed E-state index contributed by atoms with van der Waals surface area (Å²) in [6.45, 7) is -3.39. The summed E-state index contributed by atoms with van der Waals surface area (Å²) >= 11 is 0. The van der Waals surface area contributed by atoms with Crippen LogP contribution in [-0.4, -0.2) is 16.8 Å². The van der Waals surface area contributed by atoms with Gasteiger partial charge in [0.05, 0.1) is 11.9 Å². The maximum Gasteiger partial charge on any atom is 1.00 e. The van der Waals surface area contributed by atoms with Crippen molar-refractivity contribution in [3.8, 4) is 5.75 Å². The van der Waals surface area contributed by atoms with Crippen LogP contribution in [0.2, 0.25) is 0 Å². The molecule has 3 nitrogen and oxygen atoms in total. The number of rotatable bonds is 4. The molecule has 0 aliphatic rings. The molecule has 0 aliphatic carbocycles. The van der Waals surface area contributed by atoms with E-state index in [1.807, 2.05) is 0 Å². The minimum Gasteiger partial charge on any atom is -0.492 e. The van der Waals surface area contributed by atoms with Gasteiger partial charge >= 0.3 is 58.4 Å². The van der Waals surface area contributed by atoms with Crippen LogP contribution in [0.5, 0.6) is 5.75 Å². The molecule has 0 aliphatic heterocycles. The van der Waals surface area contributed by atoms with E-state index in [0.29, 0.717) is 5.56 Å². The van der Waals surface area contributed by atoms with E-state index in [2.05, 4.69) is 5.10 Å². The minimum absolute atomic E-state index is 0. The van der Waals surface area contributed by atoms with Gasteiger partial charge in [0.1, 0.15) is 6.61 Å². The summed E-state index contributed by atoms with van der Waals surface area (Å²) in [5.41, 5.74) is 0.593. The van der Waals surface area contributed by atoms with Crippen LogP contribution in [-0.2, 0) is 13.7 Å². The Balaban J connectivity index is 0.00000200. The summed E-state index contributed by atoms with van der Waals surface area (Å²) in [6, 6.07) is 4.07. The van der Waals surface area contributed by atoms with E-state index in [0.717, 1.165) is 11.6 Å². The Kier molecular flexibility index (Phi) is 6.33. The van der Waals surface area contributed by atoms with Crippen molar-refractivity contribution in [2.45, 2.75) is 13.5 Å². The summed E-state index contributed by atoms with van der Waals surface area (Å²) < 4.78 is 45.6. The second-order valence-corrected chi connectivity index (χ2v) is 4.43. The first-order chi connectivity index (χ1) is 8.86. The second kappa shape index (κ2) is 7.13. The molecule has 0 atom stereocenters. The number of aromatic nitrogens is 2. The number of nitrogens with zero attached hydrogens (tertiary/aromatic N) is 2. The molecule has 0 amide bonds. The molecule has 2 rings (SSSR count). The Morgan fingerprint density at radius 2 is 2.00 bits per heavy atom. The number of halogens is 3. The molecule has 0 saturated carbocycles. The van der Waals surface area contributed by atoms with Gasteiger partial charge in [-0.3, -0.25) is 4.68 Å². The fraction of sp³-hybridized carbons (Fsp3) is 0.250. The van der Waals surface area contributed by atoms with E-state index in [1.54, 1.807) is 37.1 Å². The first-order valence-corrected chi connectivity index (χ1v) is 5.77. The van der Waals surface area contributed by atoms with Crippen molar-refractivity contribution < 1.29 is 69.1 Å². The van der Waals surface area contributed by atoms with Crippen LogP contribution in [0.3, 0.4) is 0 Å². The topological polar surface area (TPSA) is 27.1 Å². The third-order valence-electron chi connectivity index (χ3n) is 2.67. The van der Waals surface area contributed by atoms with Crippen molar-refractivity contribution in [1.82, 2.24) is 9.78 Å². The zero-order chi connectivity index (χ0) is 14.0. The van der Waals surface area contributed by atoms with Crippen LogP contribution >= 0.6 is 0 Å². The predicted molar refractivity (Wildman–Crippen MR) is 67.4 cm³/mol. The Hall–Kier alpha value is -0.279. The van der Waals surface area contributed by atoms with Gasteiger partial charge in [0, 0.05) is 18.8 Å². The van der Waals surface area contributed by atoms with Gasteiger partial charge in [-0.15, -0.1) is 0 Å². The van der Waals surface area contributed by atoms with Gasteiger partial charge in [-0.05, 0) is 13.0 Å². The van der Waals surface area contributed by atoms with E-state index in [-0.39, 0.29) is 63.7 Å². The SMILES string of the molecule is Cc1ccc(OCc2cnn(C)c2)c([B-](F)(F)F)c1.[K+]. The molecule has 0 saturated heterocycles. The number of ether oxygens (including phenoxy) is 1. The number of benzene rings is 1. The maximum absolute atomic E-state index is 12.9. The minimum atomic E-state index is -5.08. The summed E-state index contributed by atoms with van der Waals surface area (Å²) in [7, 11) is 1.74. The fourth-order valence-corrected chi connectivity index (χ4v) is 1.76. The van der Waals surface area contributed by atoms with Gasteiger partial charge in [-0.1, -0.05) is 23.2 Å². The van der Waals surface area contributed by atoms with Crippen molar-refractivity contribution in [3.05, 3.63) is 41.7 Å². The van der Waals surface area contributed by atoms with E-state index < -0.39 is 12.4 Å². The van der Waals surface area contributed by atoms with Crippen LogP contribution < -0.4 is 61.6 Å². The second-order valence-electron chi connectivity index (χ2n) is 4.43. The van der Waals surface area contributed by atoms with Gasteiger partial charge in [0.2, 0.25) is 0 Å². The van der Waals surface area contributed by atoms with Gasteiger partial charge < -0.3 is 17.7 Å². The summed E-state index contributed by atoms with van der Waals surface area (Å²) in [6.07, 6.45) is 3.26. The van der Waals surface area contributed by atoms with E-state index in [4.69, 9.17) is 4.74 Å². The Morgan fingerprint density at radius 3 is 2.55 bits per heavy atom. The quantitative estimate of drug-likeness (QED) is 0.703. The van der Waals surface area contributed by atoms with Crippen LogP contribution in [0, 0.1) is 6.92 Å². The summed E-state index contributed by atoms with van der Waals surface area (Å²) in [5.74, 6) is -0.137. The average molecular weight is 308 g/mol. The Bertz CT molecular complexity index is 586. The van der Waals surface area contributed by atoms with Crippen LogP contribution in [0.15, 0.2) is 30.6 Å². The van der Waals surface area contributed by atoms with Crippen molar-refractivity contribution in [2.75, 3.05) is 0 Å². The molecular formula is C12H13BF3KN2O. The van der Waals surface area contributed by atoms with Gasteiger partial charge in [0.25, 0.3) is 0 Å². The first-order valence-electron chi connectivity index (χ1n) is 5.77. The van der Waals surface area contributed by atoms with Gasteiger partial charge in [-0.25, -0.2) is 0 Å². The molecule has 8 heteroatoms. The van der Waals surface area contributed by atoms with Crippen molar-refractivity contribution in [2.24, 2.45) is 7.05 Å². The fourth-order valence-electron chi connectivity index (χ4n) is 1.76. The molecule has 2 aromatic rings. The molecule has 20 heavy (non-hydrogen) atoms. The van der Waals surface area contributed by atoms with E-state index >= 15 is 0 Å². The van der Waals surface area contributed by atoms with Crippen LogP contribution in [0.1, 0.15) is 11.1 Å². The summed E-state index contributed by atoms with van der Waals surface area (Å²) in [4.78, 5) is 0. The van der Waals surface area contributed by atoms with Crippen LogP contribution in [0.4, 0.5) is 12.9 Å². The first kappa shape index (κ1) is 17.8. The molecule has 0 spiro atoms. The number of hydrogen-bond donors (Lipinski definition) is 0. The summed E-state index contributed by atoms with van der Waals surface area (Å²) in [5, 5.41) is 3.93. The van der Waals surface area contributed by atoms with Crippen molar-refractivity contribution >= 4 is 12.4 Å². The third kappa shape index (κ3) is 4.63. The zero-order valence-corrected chi connectivity index (χ0v) is 14.7. The monoisotopic (exact) mass is 308 g/mol. The molecule has 0 unspecified atom stereocenters.